The summed E-state index contributed by atoms with van der Waals surface area (Å²) in [4.78, 5) is 27.5. The highest BCUT2D eigenvalue weighted by molar-refractivity contribution is 6.22. The van der Waals surface area contributed by atoms with Gasteiger partial charge in [-0.05, 0) is 54.0 Å². The van der Waals surface area contributed by atoms with Crippen LogP contribution >= 0.6 is 11.6 Å². The average molecular weight is 548 g/mol. The maximum atomic E-state index is 13.0. The van der Waals surface area contributed by atoms with Gasteiger partial charge in [0.25, 0.3) is 5.91 Å². The predicted octanol–water partition coefficient (Wildman–Crippen LogP) is 4.93. The number of aliphatic imine (C=N–C) groups is 1. The molecule has 200 valence electrons. The molecule has 0 heterocycles. The van der Waals surface area contributed by atoms with E-state index in [9.17, 15) is 22.8 Å². The number of allylic oxidation sites excluding steroid dienone is 5. The normalized spacial score (nSPS) is 16.0. The average Bonchev–Trinajstić information content (AvgIpc) is 2.91. The molecule has 0 aliphatic heterocycles. The van der Waals surface area contributed by atoms with Crippen molar-refractivity contribution in [3.8, 4) is 16.9 Å². The van der Waals surface area contributed by atoms with Gasteiger partial charge in [0.05, 0.1) is 23.9 Å². The molecule has 1 atom stereocenters. The number of carbonyl (C=O) groups excluding carboxylic acids is 2. The van der Waals surface area contributed by atoms with E-state index in [0.29, 0.717) is 23.4 Å². The van der Waals surface area contributed by atoms with E-state index in [1.54, 1.807) is 60.7 Å². The van der Waals surface area contributed by atoms with Crippen molar-refractivity contribution in [1.29, 1.82) is 0 Å². The van der Waals surface area contributed by atoms with Crippen LogP contribution in [0.2, 0.25) is 0 Å². The van der Waals surface area contributed by atoms with Crippen molar-refractivity contribution in [3.63, 3.8) is 0 Å². The molecule has 0 saturated carbocycles. The van der Waals surface area contributed by atoms with E-state index < -0.39 is 29.1 Å². The van der Waals surface area contributed by atoms with Gasteiger partial charge in [-0.1, -0.05) is 36.4 Å². The molecule has 3 rings (SSSR count). The van der Waals surface area contributed by atoms with E-state index in [1.165, 1.54) is 7.11 Å². The summed E-state index contributed by atoms with van der Waals surface area (Å²) in [5, 5.41) is 1.99. The molecule has 2 aromatic carbocycles. The predicted molar refractivity (Wildman–Crippen MR) is 139 cm³/mol. The summed E-state index contributed by atoms with van der Waals surface area (Å²) in [5.74, 6) is -0.565. The van der Waals surface area contributed by atoms with Gasteiger partial charge in [-0.3, -0.25) is 14.6 Å². The van der Waals surface area contributed by atoms with Gasteiger partial charge >= 0.3 is 12.1 Å². The maximum absolute atomic E-state index is 13.0. The number of rotatable bonds is 9. The Morgan fingerprint density at radius 3 is 2.34 bits per heavy atom. The number of alkyl halides is 4. The zero-order valence-electron chi connectivity index (χ0n) is 20.3. The van der Waals surface area contributed by atoms with Gasteiger partial charge in [0.1, 0.15) is 24.6 Å². The number of carbonyl (C=O) groups is 2. The Kier molecular flexibility index (Phi) is 9.72. The highest BCUT2D eigenvalue weighted by Crippen LogP contribution is 2.25. The van der Waals surface area contributed by atoms with E-state index in [1.807, 2.05) is 6.08 Å². The Morgan fingerprint density at radius 1 is 1.13 bits per heavy atom. The molecule has 0 radical (unpaired) electrons. The number of hydrogen-bond donors (Lipinski definition) is 2. The molecule has 1 aliphatic carbocycles. The number of amides is 1. The van der Waals surface area contributed by atoms with Gasteiger partial charge in [-0.25, -0.2) is 0 Å². The van der Waals surface area contributed by atoms with Crippen LogP contribution in [0.25, 0.3) is 11.1 Å². The maximum Gasteiger partial charge on any atom is 0.430 e. The minimum absolute atomic E-state index is 0.0304. The van der Waals surface area contributed by atoms with Gasteiger partial charge < -0.3 is 20.5 Å². The zero-order chi connectivity index (χ0) is 27.7. The van der Waals surface area contributed by atoms with Crippen LogP contribution in [0.15, 0.2) is 89.2 Å². The number of hydrogen-bond acceptors (Lipinski definition) is 6. The smallest absolute Gasteiger partial charge is 0.430 e. The van der Waals surface area contributed by atoms with Crippen molar-refractivity contribution < 1.29 is 32.2 Å². The van der Waals surface area contributed by atoms with Gasteiger partial charge in [0.15, 0.2) is 0 Å². The quantitative estimate of drug-likeness (QED) is 0.263. The fourth-order valence-corrected chi connectivity index (χ4v) is 3.50. The van der Waals surface area contributed by atoms with E-state index in [4.69, 9.17) is 22.1 Å². The van der Waals surface area contributed by atoms with Crippen molar-refractivity contribution >= 4 is 29.2 Å². The molecule has 3 N–H and O–H groups in total. The summed E-state index contributed by atoms with van der Waals surface area (Å²) in [6.45, 7) is -0.499. The molecular formula is C27H25ClF3N3O4. The molecule has 38 heavy (non-hydrogen) atoms. The number of nitrogens with one attached hydrogen (secondary N) is 1. The lowest BCUT2D eigenvalue weighted by Gasteiger charge is -2.14. The number of halogens is 4. The first-order chi connectivity index (χ1) is 18.1. The second-order valence-corrected chi connectivity index (χ2v) is 8.60. The largest absolute Gasteiger partial charge is 0.487 e. The monoisotopic (exact) mass is 547 g/mol. The van der Waals surface area contributed by atoms with Crippen molar-refractivity contribution in [2.45, 2.75) is 18.0 Å². The second-order valence-electron chi connectivity index (χ2n) is 8.07. The van der Waals surface area contributed by atoms with Gasteiger partial charge in [0, 0.05) is 5.56 Å². The molecule has 0 aromatic heterocycles. The molecular weight excluding hydrogens is 523 g/mol. The topological polar surface area (TPSA) is 103 Å². The molecule has 7 nitrogen and oxygen atoms in total. The minimum Gasteiger partial charge on any atom is -0.487 e. The van der Waals surface area contributed by atoms with Crippen molar-refractivity contribution in [2.24, 2.45) is 10.7 Å². The number of nitrogens with zero attached hydrogens (tertiary/aromatic N) is 1. The number of methoxy groups -OCH3 is 1. The summed E-state index contributed by atoms with van der Waals surface area (Å²) in [6.07, 6.45) is 1.72. The summed E-state index contributed by atoms with van der Waals surface area (Å²) >= 11 is 6.22. The van der Waals surface area contributed by atoms with E-state index in [-0.39, 0.29) is 18.9 Å². The number of ether oxygens (including phenoxy) is 2. The molecule has 0 bridgehead atoms. The van der Waals surface area contributed by atoms with Gasteiger partial charge in [0.2, 0.25) is 0 Å². The van der Waals surface area contributed by atoms with Crippen LogP contribution < -0.4 is 15.8 Å². The first-order valence-electron chi connectivity index (χ1n) is 11.4. The molecule has 0 fully saturated rings. The highest BCUT2D eigenvalue weighted by atomic mass is 35.5. The standard InChI is InChI=1S/C27H25ClF3N3O4/c1-37-25(35)15-33-26(36)19-8-6-17(7-9-19)18-10-12-21(13-11-18)38-16-20(14-24(32)27(29,30)31)34-23-5-3-2-4-22(23)28/h2-3,5-14,22H,4,15-16,32H2,1H3,(H,33,36). The molecule has 1 unspecified atom stereocenters. The molecule has 2 aromatic rings. The number of nitrogens with two attached hydrogens (primary N) is 1. The summed E-state index contributed by atoms with van der Waals surface area (Å²) in [7, 11) is 1.23. The fraction of sp³-hybridized carbons (Fsp3) is 0.222. The van der Waals surface area contributed by atoms with Crippen LogP contribution in [0.3, 0.4) is 0 Å². The first-order valence-corrected chi connectivity index (χ1v) is 11.8. The van der Waals surface area contributed by atoms with Crippen LogP contribution in [-0.4, -0.2) is 49.4 Å². The van der Waals surface area contributed by atoms with Crippen molar-refractivity contribution in [1.82, 2.24) is 5.32 Å². The number of benzene rings is 2. The zero-order valence-corrected chi connectivity index (χ0v) is 21.1. The third-order valence-electron chi connectivity index (χ3n) is 5.33. The summed E-state index contributed by atoms with van der Waals surface area (Å²) in [5.41, 5.74) is 6.29. The van der Waals surface area contributed by atoms with Crippen LogP contribution in [0.5, 0.6) is 5.75 Å². The lowest BCUT2D eigenvalue weighted by Crippen LogP contribution is -2.30. The van der Waals surface area contributed by atoms with Crippen molar-refractivity contribution in [3.05, 3.63) is 89.8 Å². The highest BCUT2D eigenvalue weighted by Gasteiger charge is 2.31. The lowest BCUT2D eigenvalue weighted by atomic mass is 10.0. The Bertz CT molecular complexity index is 1270. The van der Waals surface area contributed by atoms with Crippen LogP contribution in [0.4, 0.5) is 13.2 Å². The van der Waals surface area contributed by atoms with Crippen LogP contribution in [-0.2, 0) is 9.53 Å². The SMILES string of the molecule is COC(=O)CNC(=O)c1ccc(-c2ccc(OCC(C=C(N)C(F)(F)F)=NC3=CC=CCC3Cl)cc2)cc1. The third kappa shape index (κ3) is 8.24. The Labute approximate surface area is 222 Å². The summed E-state index contributed by atoms with van der Waals surface area (Å²) < 4.78 is 49.2. The van der Waals surface area contributed by atoms with Crippen molar-refractivity contribution in [2.75, 3.05) is 20.3 Å². The van der Waals surface area contributed by atoms with Crippen LogP contribution in [0.1, 0.15) is 16.8 Å². The summed E-state index contributed by atoms with van der Waals surface area (Å²) in [6, 6.07) is 13.6. The van der Waals surface area contributed by atoms with E-state index in [0.717, 1.165) is 17.2 Å². The van der Waals surface area contributed by atoms with Gasteiger partial charge in [-0.2, -0.15) is 13.2 Å². The molecule has 1 aliphatic rings. The fourth-order valence-electron chi connectivity index (χ4n) is 3.27. The molecule has 11 heteroatoms. The molecule has 0 spiro atoms. The van der Waals surface area contributed by atoms with Crippen LogP contribution in [0, 0.1) is 0 Å². The van der Waals surface area contributed by atoms with Gasteiger partial charge in [-0.15, -0.1) is 11.6 Å². The lowest BCUT2D eigenvalue weighted by molar-refractivity contribution is -0.139. The third-order valence-corrected chi connectivity index (χ3v) is 5.73. The Morgan fingerprint density at radius 2 is 1.76 bits per heavy atom. The van der Waals surface area contributed by atoms with E-state index in [2.05, 4.69) is 15.0 Å². The molecule has 0 saturated heterocycles. The van der Waals surface area contributed by atoms with E-state index >= 15 is 0 Å². The number of esters is 1. The molecule has 1 amide bonds. The second kappa shape index (κ2) is 13.0. The Hall–Kier alpha value is -4.05. The minimum atomic E-state index is -4.71. The Balaban J connectivity index is 1.69. The first kappa shape index (κ1) is 28.5.